The van der Waals surface area contributed by atoms with Gasteiger partial charge in [-0.25, -0.2) is 9.18 Å². The summed E-state index contributed by atoms with van der Waals surface area (Å²) in [5, 5.41) is 8.78. The molecule has 136 valence electrons. The van der Waals surface area contributed by atoms with Gasteiger partial charge in [-0.1, -0.05) is 18.5 Å². The molecule has 1 heterocycles. The molecule has 5 nitrogen and oxygen atoms in total. The lowest BCUT2D eigenvalue weighted by molar-refractivity contribution is -0.119. The van der Waals surface area contributed by atoms with Crippen molar-refractivity contribution in [2.75, 3.05) is 10.6 Å². The molecule has 3 amide bonds. The Morgan fingerprint density at radius 3 is 2.65 bits per heavy atom. The monoisotopic (exact) mass is 375 g/mol. The summed E-state index contributed by atoms with van der Waals surface area (Å²) in [6, 6.07) is 8.62. The first-order valence-corrected chi connectivity index (χ1v) is 8.64. The van der Waals surface area contributed by atoms with Crippen molar-refractivity contribution in [1.29, 1.82) is 0 Å². The molecule has 2 aromatic rings. The molecule has 1 fully saturated rings. The molecule has 2 aromatic carbocycles. The molecule has 1 aliphatic heterocycles. The fraction of sp³-hybridized carbons (Fsp3) is 0.263. The number of halogens is 2. The van der Waals surface area contributed by atoms with Gasteiger partial charge < -0.3 is 16.0 Å². The first-order chi connectivity index (χ1) is 12.3. The summed E-state index contributed by atoms with van der Waals surface area (Å²) in [5.41, 5.74) is 2.27. The van der Waals surface area contributed by atoms with Gasteiger partial charge in [-0.05, 0) is 54.8 Å². The number of carbonyl (C=O) groups excluding carboxylic acids is 2. The highest BCUT2D eigenvalue weighted by Gasteiger charge is 2.32. The molecule has 2 atom stereocenters. The molecule has 7 heteroatoms. The van der Waals surface area contributed by atoms with Gasteiger partial charge in [0.15, 0.2) is 0 Å². The van der Waals surface area contributed by atoms with Crippen LogP contribution in [0.3, 0.4) is 0 Å². The molecule has 0 radical (unpaired) electrons. The van der Waals surface area contributed by atoms with Gasteiger partial charge in [0.05, 0.1) is 6.04 Å². The second kappa shape index (κ2) is 7.33. The molecule has 0 aliphatic carbocycles. The number of aryl methyl sites for hydroxylation is 1. The molecule has 0 spiro atoms. The Balaban J connectivity index is 1.74. The van der Waals surface area contributed by atoms with Crippen molar-refractivity contribution < 1.29 is 14.0 Å². The Labute approximate surface area is 155 Å². The average Bonchev–Trinajstić information content (AvgIpc) is 2.90. The number of urea groups is 1. The van der Waals surface area contributed by atoms with Crippen LogP contribution < -0.4 is 16.0 Å². The van der Waals surface area contributed by atoms with E-state index in [1.807, 2.05) is 13.8 Å². The minimum atomic E-state index is -0.448. The number of hydrogen-bond acceptors (Lipinski definition) is 2. The second-order valence-electron chi connectivity index (χ2n) is 6.50. The van der Waals surface area contributed by atoms with Crippen LogP contribution in [-0.2, 0) is 4.79 Å². The van der Waals surface area contributed by atoms with Crippen LogP contribution in [0.15, 0.2) is 36.4 Å². The zero-order chi connectivity index (χ0) is 18.8. The van der Waals surface area contributed by atoms with E-state index in [0.717, 1.165) is 5.56 Å². The summed E-state index contributed by atoms with van der Waals surface area (Å²) in [5.74, 6) is -0.530. The largest absolute Gasteiger partial charge is 0.349 e. The van der Waals surface area contributed by atoms with Crippen molar-refractivity contribution >= 4 is 34.9 Å². The predicted octanol–water partition coefficient (Wildman–Crippen LogP) is 4.63. The van der Waals surface area contributed by atoms with E-state index in [1.165, 1.54) is 12.1 Å². The third-order valence-corrected chi connectivity index (χ3v) is 4.65. The Morgan fingerprint density at radius 1 is 1.23 bits per heavy atom. The number of carbonyl (C=O) groups is 2. The Bertz CT molecular complexity index is 872. The van der Waals surface area contributed by atoms with Crippen LogP contribution in [0, 0.1) is 18.7 Å². The summed E-state index contributed by atoms with van der Waals surface area (Å²) in [6.07, 6.45) is 0.359. The Morgan fingerprint density at radius 2 is 2.00 bits per heavy atom. The summed E-state index contributed by atoms with van der Waals surface area (Å²) in [6.45, 7) is 3.72. The van der Waals surface area contributed by atoms with Crippen LogP contribution in [0.4, 0.5) is 20.6 Å². The number of rotatable bonds is 3. The number of amides is 3. The highest BCUT2D eigenvalue weighted by Crippen LogP contribution is 2.32. The van der Waals surface area contributed by atoms with Crippen molar-refractivity contribution in [3.63, 3.8) is 0 Å². The van der Waals surface area contributed by atoms with E-state index in [1.54, 1.807) is 24.3 Å². The molecule has 1 aliphatic rings. The third-order valence-electron chi connectivity index (χ3n) is 4.42. The van der Waals surface area contributed by atoms with Crippen LogP contribution in [0.2, 0.25) is 5.02 Å². The normalized spacial score (nSPS) is 19.2. The first-order valence-electron chi connectivity index (χ1n) is 8.26. The van der Waals surface area contributed by atoms with Gasteiger partial charge in [0.25, 0.3) is 0 Å². The van der Waals surface area contributed by atoms with Crippen LogP contribution in [-0.4, -0.2) is 11.9 Å². The van der Waals surface area contributed by atoms with Crippen molar-refractivity contribution in [2.24, 2.45) is 5.92 Å². The van der Waals surface area contributed by atoms with Gasteiger partial charge in [0.1, 0.15) is 5.82 Å². The quantitative estimate of drug-likeness (QED) is 0.732. The van der Waals surface area contributed by atoms with E-state index < -0.39 is 17.9 Å². The van der Waals surface area contributed by atoms with Crippen LogP contribution in [0.25, 0.3) is 0 Å². The van der Waals surface area contributed by atoms with Gasteiger partial charge in [0.2, 0.25) is 5.91 Å². The maximum Gasteiger partial charge on any atom is 0.323 e. The first kappa shape index (κ1) is 18.2. The van der Waals surface area contributed by atoms with Crippen LogP contribution in [0.1, 0.15) is 30.5 Å². The third kappa shape index (κ3) is 3.96. The average molecular weight is 376 g/mol. The highest BCUT2D eigenvalue weighted by atomic mass is 35.5. The Kier molecular flexibility index (Phi) is 5.13. The van der Waals surface area contributed by atoms with E-state index in [2.05, 4.69) is 16.0 Å². The summed E-state index contributed by atoms with van der Waals surface area (Å²) in [7, 11) is 0. The molecule has 26 heavy (non-hydrogen) atoms. The molecule has 0 saturated carbocycles. The van der Waals surface area contributed by atoms with Crippen molar-refractivity contribution in [1.82, 2.24) is 5.32 Å². The van der Waals surface area contributed by atoms with Crippen molar-refractivity contribution in [3.8, 4) is 0 Å². The number of hydrogen-bond donors (Lipinski definition) is 3. The molecule has 2 unspecified atom stereocenters. The van der Waals surface area contributed by atoms with E-state index in [0.29, 0.717) is 28.4 Å². The standard InChI is InChI=1S/C19H19ClFN3O2/c1-10-7-12(20)3-6-16(10)23-19(26)22-13-4-5-15(21)14(9-13)18-11(2)8-17(25)24-18/h3-7,9,11,18H,8H2,1-2H3,(H,24,25)(H2,22,23,26). The maximum atomic E-state index is 14.2. The van der Waals surface area contributed by atoms with E-state index in [9.17, 15) is 14.0 Å². The van der Waals surface area contributed by atoms with Gasteiger partial charge in [-0.2, -0.15) is 0 Å². The molecule has 0 aromatic heterocycles. The van der Waals surface area contributed by atoms with Gasteiger partial charge in [0, 0.05) is 28.4 Å². The number of benzene rings is 2. The highest BCUT2D eigenvalue weighted by molar-refractivity contribution is 6.30. The lowest BCUT2D eigenvalue weighted by atomic mass is 9.95. The fourth-order valence-electron chi connectivity index (χ4n) is 3.08. The van der Waals surface area contributed by atoms with Crippen LogP contribution in [0.5, 0.6) is 0 Å². The molecular formula is C19H19ClFN3O2. The lowest BCUT2D eigenvalue weighted by Crippen LogP contribution is -2.23. The molecule has 0 bridgehead atoms. The van der Waals surface area contributed by atoms with E-state index in [4.69, 9.17) is 11.6 Å². The van der Waals surface area contributed by atoms with Gasteiger partial charge in [-0.3, -0.25) is 4.79 Å². The molecular weight excluding hydrogens is 357 g/mol. The number of anilines is 2. The molecule has 3 N–H and O–H groups in total. The molecule has 3 rings (SSSR count). The van der Waals surface area contributed by atoms with E-state index in [-0.39, 0.29) is 11.8 Å². The summed E-state index contributed by atoms with van der Waals surface area (Å²) >= 11 is 5.91. The Hall–Kier alpha value is -2.60. The lowest BCUT2D eigenvalue weighted by Gasteiger charge is -2.18. The SMILES string of the molecule is Cc1cc(Cl)ccc1NC(=O)Nc1ccc(F)c(C2NC(=O)CC2C)c1. The second-order valence-corrected chi connectivity index (χ2v) is 6.94. The number of nitrogens with one attached hydrogen (secondary N) is 3. The fourth-order valence-corrected chi connectivity index (χ4v) is 3.31. The minimum absolute atomic E-state index is 0.0159. The van der Waals surface area contributed by atoms with E-state index >= 15 is 0 Å². The van der Waals surface area contributed by atoms with Gasteiger partial charge >= 0.3 is 6.03 Å². The molecule has 1 saturated heterocycles. The zero-order valence-electron chi connectivity index (χ0n) is 14.4. The summed E-state index contributed by atoms with van der Waals surface area (Å²) in [4.78, 5) is 23.8. The van der Waals surface area contributed by atoms with Crippen molar-refractivity contribution in [3.05, 3.63) is 58.4 Å². The summed E-state index contributed by atoms with van der Waals surface area (Å²) < 4.78 is 14.2. The smallest absolute Gasteiger partial charge is 0.323 e. The van der Waals surface area contributed by atoms with Crippen molar-refractivity contribution in [2.45, 2.75) is 26.3 Å². The predicted molar refractivity (Wildman–Crippen MR) is 99.9 cm³/mol. The van der Waals surface area contributed by atoms with Crippen LogP contribution >= 0.6 is 11.6 Å². The minimum Gasteiger partial charge on any atom is -0.349 e. The zero-order valence-corrected chi connectivity index (χ0v) is 15.2. The topological polar surface area (TPSA) is 70.2 Å². The maximum absolute atomic E-state index is 14.2. The van der Waals surface area contributed by atoms with Gasteiger partial charge in [-0.15, -0.1) is 0 Å².